The maximum absolute atomic E-state index is 10.6. The van der Waals surface area contributed by atoms with E-state index in [1.165, 1.54) is 0 Å². The molecule has 0 aliphatic carbocycles. The molecule has 0 aromatic rings. The van der Waals surface area contributed by atoms with Crippen LogP contribution in [0.25, 0.3) is 0 Å². The Morgan fingerprint density at radius 2 is 1.84 bits per heavy atom. The summed E-state index contributed by atoms with van der Waals surface area (Å²) in [5.74, 6) is -0.271. The van der Waals surface area contributed by atoms with Crippen molar-refractivity contribution in [3.05, 3.63) is 0 Å². The number of primary amides is 1. The fourth-order valence-electron chi connectivity index (χ4n) is 1.39. The van der Waals surface area contributed by atoms with E-state index in [-0.39, 0.29) is 17.6 Å². The summed E-state index contributed by atoms with van der Waals surface area (Å²) in [7, 11) is 0. The molecule has 19 heavy (non-hydrogen) atoms. The van der Waals surface area contributed by atoms with Crippen molar-refractivity contribution in [3.63, 3.8) is 0 Å². The van der Waals surface area contributed by atoms with Gasteiger partial charge in [0, 0.05) is 19.6 Å². The first-order valence-corrected chi connectivity index (χ1v) is 7.41. The molecule has 0 aromatic carbocycles. The zero-order valence-corrected chi connectivity index (χ0v) is 13.6. The Kier molecular flexibility index (Phi) is 13.5. The normalized spacial score (nSPS) is 12.5. The molecule has 0 aliphatic heterocycles. The average Bonchev–Trinajstić information content (AvgIpc) is 2.36. The van der Waals surface area contributed by atoms with Crippen molar-refractivity contribution in [3.8, 4) is 0 Å². The predicted molar refractivity (Wildman–Crippen MR) is 80.1 cm³/mol. The molecule has 4 nitrogen and oxygen atoms in total. The minimum absolute atomic E-state index is 0.0736. The molecular weight excluding hydrogens is 242 g/mol. The van der Waals surface area contributed by atoms with Crippen LogP contribution >= 0.6 is 0 Å². The minimum Gasteiger partial charge on any atom is -0.378 e. The van der Waals surface area contributed by atoms with Gasteiger partial charge in [-0.05, 0) is 40.0 Å². The number of nitrogens with two attached hydrogens (primary N) is 1. The van der Waals surface area contributed by atoms with Gasteiger partial charge < -0.3 is 15.2 Å². The lowest BCUT2D eigenvalue weighted by atomic mass is 10.1. The summed E-state index contributed by atoms with van der Waals surface area (Å²) in [4.78, 5) is 10.6. The monoisotopic (exact) mass is 275 g/mol. The van der Waals surface area contributed by atoms with Crippen LogP contribution in [0.15, 0.2) is 0 Å². The summed E-state index contributed by atoms with van der Waals surface area (Å²) < 4.78 is 11.3. The third-order valence-electron chi connectivity index (χ3n) is 2.60. The molecule has 0 rings (SSSR count). The van der Waals surface area contributed by atoms with Crippen LogP contribution in [0.1, 0.15) is 67.2 Å². The lowest BCUT2D eigenvalue weighted by Crippen LogP contribution is -2.27. The highest BCUT2D eigenvalue weighted by atomic mass is 16.5. The van der Waals surface area contributed by atoms with Crippen LogP contribution in [-0.2, 0) is 14.3 Å². The molecule has 0 aliphatic rings. The second-order valence-corrected chi connectivity index (χ2v) is 5.04. The first-order chi connectivity index (χ1) is 8.87. The van der Waals surface area contributed by atoms with E-state index < -0.39 is 0 Å². The van der Waals surface area contributed by atoms with Gasteiger partial charge in [-0.2, -0.15) is 0 Å². The largest absolute Gasteiger partial charge is 0.378 e. The number of hydrogen-bond donors (Lipinski definition) is 1. The molecule has 116 valence electrons. The summed E-state index contributed by atoms with van der Waals surface area (Å²) in [6.07, 6.45) is 3.03. The topological polar surface area (TPSA) is 61.6 Å². The Morgan fingerprint density at radius 3 is 2.32 bits per heavy atom. The zero-order valence-electron chi connectivity index (χ0n) is 13.6. The first-order valence-electron chi connectivity index (χ1n) is 7.41. The smallest absolute Gasteiger partial charge is 0.217 e. The van der Waals surface area contributed by atoms with Gasteiger partial charge in [0.25, 0.3) is 0 Å². The van der Waals surface area contributed by atoms with Crippen molar-refractivity contribution < 1.29 is 14.3 Å². The molecule has 1 atom stereocenters. The van der Waals surface area contributed by atoms with Crippen LogP contribution < -0.4 is 5.73 Å². The van der Waals surface area contributed by atoms with E-state index in [9.17, 15) is 4.79 Å². The van der Waals surface area contributed by atoms with Crippen molar-refractivity contribution >= 4 is 5.91 Å². The van der Waals surface area contributed by atoms with Crippen LogP contribution in [0.3, 0.4) is 0 Å². The molecule has 2 N–H and O–H groups in total. The molecule has 1 unspecified atom stereocenters. The Morgan fingerprint density at radius 1 is 1.26 bits per heavy atom. The van der Waals surface area contributed by atoms with Gasteiger partial charge in [0.05, 0.1) is 11.7 Å². The lowest BCUT2D eigenvalue weighted by molar-refractivity contribution is -0.118. The van der Waals surface area contributed by atoms with Gasteiger partial charge in [-0.25, -0.2) is 0 Å². The van der Waals surface area contributed by atoms with E-state index in [4.69, 9.17) is 15.2 Å². The highest BCUT2D eigenvalue weighted by molar-refractivity contribution is 5.73. The average molecular weight is 275 g/mol. The molecule has 0 bridgehead atoms. The van der Waals surface area contributed by atoms with Gasteiger partial charge in [-0.3, -0.25) is 4.79 Å². The summed E-state index contributed by atoms with van der Waals surface area (Å²) >= 11 is 0. The molecule has 1 amide bonds. The van der Waals surface area contributed by atoms with E-state index in [1.54, 1.807) is 0 Å². The molecule has 0 saturated heterocycles. The van der Waals surface area contributed by atoms with Gasteiger partial charge in [0.1, 0.15) is 0 Å². The highest BCUT2D eigenvalue weighted by Gasteiger charge is 2.18. The molecule has 0 radical (unpaired) electrons. The van der Waals surface area contributed by atoms with Crippen LogP contribution in [0.4, 0.5) is 0 Å². The van der Waals surface area contributed by atoms with Crippen molar-refractivity contribution in [2.24, 2.45) is 5.73 Å². The standard InChI is InChI=1S/C13H27NO3.C2H6/c1-5-9-17-13(3,4)8-10-16-11(2)6-7-12(14)15;1-2/h11H,5-10H2,1-4H3,(H2,14,15);1-2H3. The van der Waals surface area contributed by atoms with Crippen molar-refractivity contribution in [2.45, 2.75) is 78.9 Å². The van der Waals surface area contributed by atoms with Crippen molar-refractivity contribution in [2.75, 3.05) is 13.2 Å². The van der Waals surface area contributed by atoms with Crippen LogP contribution in [0.5, 0.6) is 0 Å². The predicted octanol–water partition coefficient (Wildman–Crippen LogP) is 3.28. The Hall–Kier alpha value is -0.610. The number of carbonyl (C=O) groups excluding carboxylic acids is 1. The third-order valence-corrected chi connectivity index (χ3v) is 2.60. The fourth-order valence-corrected chi connectivity index (χ4v) is 1.39. The quantitative estimate of drug-likeness (QED) is 0.665. The lowest BCUT2D eigenvalue weighted by Gasteiger charge is -2.25. The Labute approximate surface area is 119 Å². The Bertz CT molecular complexity index is 217. The number of rotatable bonds is 10. The number of carbonyl (C=O) groups is 1. The molecule has 0 aromatic heterocycles. The first kappa shape index (κ1) is 20.7. The molecule has 0 fully saturated rings. The minimum atomic E-state index is -0.271. The SMILES string of the molecule is CC.CCCOC(C)(C)CCOC(C)CCC(N)=O. The van der Waals surface area contributed by atoms with Crippen LogP contribution in [-0.4, -0.2) is 30.8 Å². The van der Waals surface area contributed by atoms with Gasteiger partial charge in [0.2, 0.25) is 5.91 Å². The number of amides is 1. The maximum Gasteiger partial charge on any atom is 0.217 e. The summed E-state index contributed by atoms with van der Waals surface area (Å²) in [6.45, 7) is 13.6. The van der Waals surface area contributed by atoms with E-state index >= 15 is 0 Å². The van der Waals surface area contributed by atoms with E-state index in [0.29, 0.717) is 19.4 Å². The molecular formula is C15H33NO3. The van der Waals surface area contributed by atoms with E-state index in [2.05, 4.69) is 20.8 Å². The van der Waals surface area contributed by atoms with Gasteiger partial charge >= 0.3 is 0 Å². The van der Waals surface area contributed by atoms with Crippen LogP contribution in [0, 0.1) is 0 Å². The summed E-state index contributed by atoms with van der Waals surface area (Å²) in [5, 5.41) is 0. The highest BCUT2D eigenvalue weighted by Crippen LogP contribution is 2.15. The number of ether oxygens (including phenoxy) is 2. The van der Waals surface area contributed by atoms with Crippen molar-refractivity contribution in [1.29, 1.82) is 0 Å². The zero-order chi connectivity index (χ0) is 15.3. The van der Waals surface area contributed by atoms with Gasteiger partial charge in [-0.1, -0.05) is 20.8 Å². The summed E-state index contributed by atoms with van der Waals surface area (Å²) in [5.41, 5.74) is 4.94. The molecule has 0 saturated carbocycles. The van der Waals surface area contributed by atoms with Gasteiger partial charge in [-0.15, -0.1) is 0 Å². The molecule has 0 spiro atoms. The molecule has 0 heterocycles. The Balaban J connectivity index is 0. The second kappa shape index (κ2) is 12.4. The number of hydrogen-bond acceptors (Lipinski definition) is 3. The third kappa shape index (κ3) is 15.3. The summed E-state index contributed by atoms with van der Waals surface area (Å²) in [6, 6.07) is 0. The maximum atomic E-state index is 10.6. The fraction of sp³-hybridized carbons (Fsp3) is 0.933. The second-order valence-electron chi connectivity index (χ2n) is 5.04. The van der Waals surface area contributed by atoms with Crippen LogP contribution in [0.2, 0.25) is 0 Å². The van der Waals surface area contributed by atoms with Gasteiger partial charge in [0.15, 0.2) is 0 Å². The van der Waals surface area contributed by atoms with E-state index in [1.807, 2.05) is 20.8 Å². The van der Waals surface area contributed by atoms with Crippen molar-refractivity contribution in [1.82, 2.24) is 0 Å². The van der Waals surface area contributed by atoms with E-state index in [0.717, 1.165) is 19.4 Å². The molecule has 4 heteroatoms.